The minimum atomic E-state index is -0.216. The minimum absolute atomic E-state index is 0.0220. The van der Waals surface area contributed by atoms with E-state index in [1.807, 2.05) is 78.9 Å². The molecule has 37 heavy (non-hydrogen) atoms. The highest BCUT2D eigenvalue weighted by molar-refractivity contribution is 5.55. The van der Waals surface area contributed by atoms with E-state index >= 15 is 0 Å². The van der Waals surface area contributed by atoms with Gasteiger partial charge in [0.05, 0.1) is 25.4 Å². The van der Waals surface area contributed by atoms with Crippen LogP contribution in [0.5, 0.6) is 11.5 Å². The lowest BCUT2D eigenvalue weighted by atomic mass is 9.97. The summed E-state index contributed by atoms with van der Waals surface area (Å²) >= 11 is 0. The molecule has 0 radical (unpaired) electrons. The first-order valence-electron chi connectivity index (χ1n) is 12.7. The van der Waals surface area contributed by atoms with Gasteiger partial charge in [0, 0.05) is 13.1 Å². The third-order valence-corrected chi connectivity index (χ3v) is 6.69. The van der Waals surface area contributed by atoms with Gasteiger partial charge in [-0.3, -0.25) is 4.90 Å². The Morgan fingerprint density at radius 1 is 0.811 bits per heavy atom. The van der Waals surface area contributed by atoms with Crippen LogP contribution in [-0.4, -0.2) is 30.3 Å². The number of anilines is 1. The molecule has 0 aliphatic heterocycles. The van der Waals surface area contributed by atoms with Crippen molar-refractivity contribution in [2.24, 2.45) is 0 Å². The molecular weight excluding hydrogens is 460 g/mol. The second kappa shape index (κ2) is 12.9. The third kappa shape index (κ3) is 7.13. The van der Waals surface area contributed by atoms with Gasteiger partial charge in [-0.2, -0.15) is 0 Å². The van der Waals surface area contributed by atoms with Gasteiger partial charge in [0.25, 0.3) is 0 Å². The second-order valence-electron chi connectivity index (χ2n) is 9.36. The van der Waals surface area contributed by atoms with Gasteiger partial charge in [-0.25, -0.2) is 0 Å². The Kier molecular flexibility index (Phi) is 9.19. The number of methoxy groups -OCH3 is 1. The Labute approximate surface area is 220 Å². The molecule has 2 atom stereocenters. The summed E-state index contributed by atoms with van der Waals surface area (Å²) in [6, 6.07) is 34.2. The molecule has 0 aliphatic carbocycles. The average molecular weight is 497 g/mol. The van der Waals surface area contributed by atoms with E-state index in [4.69, 9.17) is 15.2 Å². The first-order chi connectivity index (χ1) is 18.1. The Balaban J connectivity index is 1.55. The van der Waals surface area contributed by atoms with Gasteiger partial charge in [0.2, 0.25) is 0 Å². The summed E-state index contributed by atoms with van der Waals surface area (Å²) in [5, 5.41) is 10.6. The van der Waals surface area contributed by atoms with E-state index < -0.39 is 0 Å². The summed E-state index contributed by atoms with van der Waals surface area (Å²) in [5.74, 6) is 1.73. The van der Waals surface area contributed by atoms with Gasteiger partial charge in [0.1, 0.15) is 18.1 Å². The highest BCUT2D eigenvalue weighted by Crippen LogP contribution is 2.32. The quantitative estimate of drug-likeness (QED) is 0.229. The Bertz CT molecular complexity index is 1230. The van der Waals surface area contributed by atoms with Crippen LogP contribution in [0.4, 0.5) is 5.69 Å². The van der Waals surface area contributed by atoms with Crippen molar-refractivity contribution >= 4 is 5.69 Å². The largest absolute Gasteiger partial charge is 0.497 e. The highest BCUT2D eigenvalue weighted by atomic mass is 16.5. The summed E-state index contributed by atoms with van der Waals surface area (Å²) in [6.45, 7) is 4.11. The number of nitrogen functional groups attached to an aromatic ring is 1. The third-order valence-electron chi connectivity index (χ3n) is 6.69. The van der Waals surface area contributed by atoms with Crippen LogP contribution in [-0.2, 0) is 13.2 Å². The van der Waals surface area contributed by atoms with Crippen molar-refractivity contribution in [3.05, 3.63) is 125 Å². The van der Waals surface area contributed by atoms with Gasteiger partial charge >= 0.3 is 0 Å². The SMILES string of the molecule is COc1ccc(C(C)CN(Cc2ccccc2)C(CO)c2ccc(OCc3ccccc3)c(N)c2)cc1. The van der Waals surface area contributed by atoms with Crippen LogP contribution in [0.2, 0.25) is 0 Å². The van der Waals surface area contributed by atoms with Crippen LogP contribution in [0.1, 0.15) is 41.1 Å². The molecule has 0 spiro atoms. The van der Waals surface area contributed by atoms with Gasteiger partial charge in [0.15, 0.2) is 0 Å². The summed E-state index contributed by atoms with van der Waals surface area (Å²) in [6.07, 6.45) is 0. The number of nitrogens with zero attached hydrogens (tertiary/aromatic N) is 1. The van der Waals surface area contributed by atoms with E-state index in [9.17, 15) is 5.11 Å². The highest BCUT2D eigenvalue weighted by Gasteiger charge is 2.23. The molecule has 0 heterocycles. The number of hydrogen-bond donors (Lipinski definition) is 2. The lowest BCUT2D eigenvalue weighted by Gasteiger charge is -2.33. The number of nitrogens with two attached hydrogens (primary N) is 1. The summed E-state index contributed by atoms with van der Waals surface area (Å²) in [4.78, 5) is 2.32. The summed E-state index contributed by atoms with van der Waals surface area (Å²) in [5.41, 5.74) is 11.4. The van der Waals surface area contributed by atoms with E-state index in [0.29, 0.717) is 24.6 Å². The van der Waals surface area contributed by atoms with Gasteiger partial charge < -0.3 is 20.3 Å². The molecule has 5 nitrogen and oxygen atoms in total. The summed E-state index contributed by atoms with van der Waals surface area (Å²) in [7, 11) is 1.68. The molecule has 0 saturated heterocycles. The molecule has 0 aromatic heterocycles. The van der Waals surface area contributed by atoms with Crippen molar-refractivity contribution in [3.8, 4) is 11.5 Å². The van der Waals surface area contributed by atoms with Gasteiger partial charge in [-0.1, -0.05) is 85.8 Å². The van der Waals surface area contributed by atoms with Crippen LogP contribution < -0.4 is 15.2 Å². The molecule has 4 aromatic carbocycles. The fourth-order valence-corrected chi connectivity index (χ4v) is 4.58. The fourth-order valence-electron chi connectivity index (χ4n) is 4.58. The van der Waals surface area contributed by atoms with Gasteiger partial charge in [-0.05, 0) is 52.4 Å². The lowest BCUT2D eigenvalue weighted by molar-refractivity contribution is 0.111. The number of aliphatic hydroxyl groups is 1. The molecule has 192 valence electrons. The number of hydrogen-bond acceptors (Lipinski definition) is 5. The lowest BCUT2D eigenvalue weighted by Crippen LogP contribution is -2.34. The van der Waals surface area contributed by atoms with Crippen molar-refractivity contribution in [1.82, 2.24) is 4.90 Å². The molecule has 4 rings (SSSR count). The standard InChI is InChI=1S/C32H36N2O3/c1-24(27-13-16-29(36-2)17-14-27)20-34(21-25-9-5-3-6-10-25)31(22-35)28-15-18-32(30(33)19-28)37-23-26-11-7-4-8-12-26/h3-19,24,31,35H,20-23,33H2,1-2H3. The van der Waals surface area contributed by atoms with E-state index in [2.05, 4.69) is 36.1 Å². The topological polar surface area (TPSA) is 68.0 Å². The van der Waals surface area contributed by atoms with Gasteiger partial charge in [-0.15, -0.1) is 0 Å². The fraction of sp³-hybridized carbons (Fsp3) is 0.250. The normalized spacial score (nSPS) is 12.8. The summed E-state index contributed by atoms with van der Waals surface area (Å²) < 4.78 is 11.3. The van der Waals surface area contributed by atoms with Crippen LogP contribution in [0.15, 0.2) is 103 Å². The molecule has 3 N–H and O–H groups in total. The molecular formula is C32H36N2O3. The molecule has 0 bridgehead atoms. The predicted octanol–water partition coefficient (Wildman–Crippen LogP) is 6.20. The van der Waals surface area contributed by atoms with Crippen molar-refractivity contribution in [2.75, 3.05) is 26.0 Å². The Morgan fingerprint density at radius 3 is 2.03 bits per heavy atom. The van der Waals surface area contributed by atoms with Crippen molar-refractivity contribution in [1.29, 1.82) is 0 Å². The smallest absolute Gasteiger partial charge is 0.142 e. The zero-order valence-corrected chi connectivity index (χ0v) is 21.6. The zero-order valence-electron chi connectivity index (χ0n) is 21.6. The maximum Gasteiger partial charge on any atom is 0.142 e. The van der Waals surface area contributed by atoms with Crippen molar-refractivity contribution in [3.63, 3.8) is 0 Å². The molecule has 2 unspecified atom stereocenters. The minimum Gasteiger partial charge on any atom is -0.497 e. The Hall–Kier alpha value is -3.80. The number of rotatable bonds is 12. The number of aliphatic hydroxyl groups excluding tert-OH is 1. The maximum absolute atomic E-state index is 10.6. The van der Waals surface area contributed by atoms with Crippen molar-refractivity contribution in [2.45, 2.75) is 32.0 Å². The van der Waals surface area contributed by atoms with Crippen LogP contribution in [0, 0.1) is 0 Å². The first kappa shape index (κ1) is 26.3. The number of benzene rings is 4. The first-order valence-corrected chi connectivity index (χ1v) is 12.7. The Morgan fingerprint density at radius 2 is 1.43 bits per heavy atom. The molecule has 0 aliphatic rings. The maximum atomic E-state index is 10.6. The van der Waals surface area contributed by atoms with Crippen molar-refractivity contribution < 1.29 is 14.6 Å². The molecule has 0 saturated carbocycles. The van der Waals surface area contributed by atoms with Crippen LogP contribution >= 0.6 is 0 Å². The van der Waals surface area contributed by atoms with E-state index in [1.54, 1.807) is 7.11 Å². The number of ether oxygens (including phenoxy) is 2. The van der Waals surface area contributed by atoms with E-state index in [0.717, 1.165) is 23.4 Å². The van der Waals surface area contributed by atoms with Crippen LogP contribution in [0.3, 0.4) is 0 Å². The van der Waals surface area contributed by atoms with E-state index in [-0.39, 0.29) is 18.6 Å². The zero-order chi connectivity index (χ0) is 26.0. The molecule has 0 fully saturated rings. The van der Waals surface area contributed by atoms with Crippen LogP contribution in [0.25, 0.3) is 0 Å². The second-order valence-corrected chi connectivity index (χ2v) is 9.36. The molecule has 4 aromatic rings. The molecule has 5 heteroatoms. The average Bonchev–Trinajstić information content (AvgIpc) is 2.94. The predicted molar refractivity (Wildman–Crippen MR) is 150 cm³/mol. The molecule has 0 amide bonds. The monoisotopic (exact) mass is 496 g/mol. The van der Waals surface area contributed by atoms with E-state index in [1.165, 1.54) is 11.1 Å².